The van der Waals surface area contributed by atoms with Gasteiger partial charge in [-0.25, -0.2) is 8.42 Å². The van der Waals surface area contributed by atoms with Crippen molar-refractivity contribution in [2.75, 3.05) is 11.0 Å². The van der Waals surface area contributed by atoms with Crippen LogP contribution in [0, 0.1) is 11.3 Å². The third-order valence-corrected chi connectivity index (χ3v) is 6.29. The van der Waals surface area contributed by atoms with Gasteiger partial charge in [0.1, 0.15) is 0 Å². The summed E-state index contributed by atoms with van der Waals surface area (Å²) in [6.45, 7) is 0. The molecule has 2 aromatic heterocycles. The maximum atomic E-state index is 11.6. The number of nitriles is 1. The summed E-state index contributed by atoms with van der Waals surface area (Å²) in [6.07, 6.45) is 4.21. The van der Waals surface area contributed by atoms with Crippen LogP contribution in [-0.2, 0) is 10.0 Å². The molecule has 0 aliphatic carbocycles. The summed E-state index contributed by atoms with van der Waals surface area (Å²) in [5.74, 6) is 0.0817. The predicted molar refractivity (Wildman–Crippen MR) is 105 cm³/mol. The van der Waals surface area contributed by atoms with Crippen molar-refractivity contribution in [2.45, 2.75) is 18.8 Å². The number of thiophene rings is 1. The molecule has 8 heteroatoms. The van der Waals surface area contributed by atoms with Crippen LogP contribution in [0.3, 0.4) is 0 Å². The largest absolute Gasteiger partial charge is 0.359 e. The van der Waals surface area contributed by atoms with Crippen molar-refractivity contribution in [1.29, 1.82) is 5.26 Å². The summed E-state index contributed by atoms with van der Waals surface area (Å²) in [5.41, 5.74) is 2.34. The van der Waals surface area contributed by atoms with E-state index in [-0.39, 0.29) is 5.92 Å². The minimum atomic E-state index is -3.36. The zero-order valence-corrected chi connectivity index (χ0v) is 16.6. The Morgan fingerprint density at radius 2 is 2.24 bits per heavy atom. The molecule has 0 radical (unpaired) electrons. The van der Waals surface area contributed by atoms with E-state index in [1.165, 1.54) is 4.88 Å². The fourth-order valence-electron chi connectivity index (χ4n) is 2.92. The van der Waals surface area contributed by atoms with Gasteiger partial charge in [0.2, 0.25) is 10.0 Å². The topological polar surface area (TPSA) is 85.8 Å². The van der Waals surface area contributed by atoms with Crippen molar-refractivity contribution >= 4 is 53.9 Å². The number of halogens is 1. The van der Waals surface area contributed by atoms with Crippen molar-refractivity contribution < 1.29 is 8.42 Å². The third kappa shape index (κ3) is 4.06. The Balaban J connectivity index is 2.09. The molecule has 0 aliphatic rings. The van der Waals surface area contributed by atoms with Crippen molar-refractivity contribution in [3.05, 3.63) is 50.8 Å². The number of rotatable bonds is 6. The number of fused-ring (bicyclic) bond motifs is 1. The van der Waals surface area contributed by atoms with Crippen LogP contribution in [0.1, 0.15) is 29.2 Å². The van der Waals surface area contributed by atoms with E-state index >= 15 is 0 Å². The van der Waals surface area contributed by atoms with E-state index in [0.29, 0.717) is 18.5 Å². The molecule has 25 heavy (non-hydrogen) atoms. The van der Waals surface area contributed by atoms with E-state index in [1.54, 1.807) is 17.4 Å². The summed E-state index contributed by atoms with van der Waals surface area (Å²) in [7, 11) is -3.36. The molecule has 1 aromatic carbocycles. The van der Waals surface area contributed by atoms with Crippen molar-refractivity contribution in [3.8, 4) is 6.07 Å². The standard InChI is InChI=1S/C17H16BrN3O2S2/c1-25(22,23)21-15-6-2-4-13-14(9-20-17(13)15)12(5-3-7-19)16-8-11(18)10-24-16/h2,4,6,8-10,12,20-21H,3,5H2,1H3. The lowest BCUT2D eigenvalue weighted by Crippen LogP contribution is -2.09. The lowest BCUT2D eigenvalue weighted by Gasteiger charge is -2.14. The minimum Gasteiger partial charge on any atom is -0.359 e. The molecule has 1 atom stereocenters. The minimum absolute atomic E-state index is 0.0817. The fraction of sp³-hybridized carbons (Fsp3) is 0.235. The first-order valence-corrected chi connectivity index (χ1v) is 11.1. The van der Waals surface area contributed by atoms with E-state index < -0.39 is 10.0 Å². The Morgan fingerprint density at radius 3 is 2.88 bits per heavy atom. The molecule has 2 heterocycles. The molecular formula is C17H16BrN3O2S2. The van der Waals surface area contributed by atoms with Crippen LogP contribution in [0.4, 0.5) is 5.69 Å². The number of sulfonamides is 1. The van der Waals surface area contributed by atoms with Crippen LogP contribution in [0.5, 0.6) is 0 Å². The van der Waals surface area contributed by atoms with E-state index in [4.69, 9.17) is 5.26 Å². The van der Waals surface area contributed by atoms with Crippen LogP contribution in [0.25, 0.3) is 10.9 Å². The lowest BCUT2D eigenvalue weighted by atomic mass is 9.92. The van der Waals surface area contributed by atoms with Crippen LogP contribution in [0.15, 0.2) is 40.3 Å². The quantitative estimate of drug-likeness (QED) is 0.580. The Morgan fingerprint density at radius 1 is 1.44 bits per heavy atom. The van der Waals surface area contributed by atoms with E-state index in [1.807, 2.05) is 23.7 Å². The highest BCUT2D eigenvalue weighted by Gasteiger charge is 2.21. The van der Waals surface area contributed by atoms with Crippen molar-refractivity contribution in [1.82, 2.24) is 4.98 Å². The zero-order valence-electron chi connectivity index (χ0n) is 13.4. The molecule has 0 saturated heterocycles. The van der Waals surface area contributed by atoms with Gasteiger partial charge in [-0.05, 0) is 40.0 Å². The highest BCUT2D eigenvalue weighted by molar-refractivity contribution is 9.10. The summed E-state index contributed by atoms with van der Waals surface area (Å²) in [4.78, 5) is 4.37. The molecule has 0 aliphatic heterocycles. The summed E-state index contributed by atoms with van der Waals surface area (Å²) < 4.78 is 26.7. The lowest BCUT2D eigenvalue weighted by molar-refractivity contribution is 0.607. The van der Waals surface area contributed by atoms with E-state index in [0.717, 1.165) is 27.2 Å². The predicted octanol–water partition coefficient (Wildman–Crippen LogP) is 4.80. The number of benzene rings is 1. The van der Waals surface area contributed by atoms with Gasteiger partial charge in [-0.1, -0.05) is 12.1 Å². The molecule has 1 unspecified atom stereocenters. The molecule has 5 nitrogen and oxygen atoms in total. The van der Waals surface area contributed by atoms with Crippen molar-refractivity contribution in [3.63, 3.8) is 0 Å². The summed E-state index contributed by atoms with van der Waals surface area (Å²) >= 11 is 5.13. The number of aromatic nitrogens is 1. The molecule has 0 fully saturated rings. The molecular weight excluding hydrogens is 422 g/mol. The van der Waals surface area contributed by atoms with Gasteiger partial charge < -0.3 is 4.98 Å². The average molecular weight is 438 g/mol. The van der Waals surface area contributed by atoms with Gasteiger partial charge in [-0.15, -0.1) is 11.3 Å². The number of nitrogens with zero attached hydrogens (tertiary/aromatic N) is 1. The zero-order chi connectivity index (χ0) is 18.0. The molecule has 0 bridgehead atoms. The number of para-hydroxylation sites is 1. The van der Waals surface area contributed by atoms with Gasteiger partial charge >= 0.3 is 0 Å². The monoisotopic (exact) mass is 437 g/mol. The number of hydrogen-bond acceptors (Lipinski definition) is 4. The second-order valence-corrected chi connectivity index (χ2v) is 9.37. The first-order valence-electron chi connectivity index (χ1n) is 7.57. The Bertz CT molecular complexity index is 1050. The Labute approximate surface area is 158 Å². The molecule has 0 spiro atoms. The molecule has 3 rings (SSSR count). The maximum absolute atomic E-state index is 11.6. The van der Waals surface area contributed by atoms with Crippen LogP contribution < -0.4 is 4.72 Å². The SMILES string of the molecule is CS(=O)(=O)Nc1cccc2c(C(CCC#N)c3cc(Br)cs3)c[nH]c12. The number of hydrogen-bond donors (Lipinski definition) is 2. The van der Waals surface area contributed by atoms with Crippen LogP contribution >= 0.6 is 27.3 Å². The highest BCUT2D eigenvalue weighted by atomic mass is 79.9. The Kier molecular flexibility index (Phi) is 5.18. The third-order valence-electron chi connectivity index (χ3n) is 3.89. The van der Waals surface area contributed by atoms with Crippen LogP contribution in [0.2, 0.25) is 0 Å². The Hall–Kier alpha value is -1.82. The highest BCUT2D eigenvalue weighted by Crippen LogP contribution is 2.39. The summed E-state index contributed by atoms with van der Waals surface area (Å²) in [5, 5.41) is 12.0. The van der Waals surface area contributed by atoms with E-state index in [9.17, 15) is 8.42 Å². The van der Waals surface area contributed by atoms with E-state index in [2.05, 4.69) is 37.8 Å². The average Bonchev–Trinajstić information content (AvgIpc) is 3.14. The van der Waals surface area contributed by atoms with Gasteiger partial charge in [-0.2, -0.15) is 5.26 Å². The number of nitrogens with one attached hydrogen (secondary N) is 2. The number of anilines is 1. The van der Waals surface area contributed by atoms with Gasteiger partial charge in [0.25, 0.3) is 0 Å². The molecule has 0 saturated carbocycles. The molecule has 3 aromatic rings. The van der Waals surface area contributed by atoms with Gasteiger partial charge in [0.05, 0.1) is 23.5 Å². The number of H-pyrrole nitrogens is 1. The number of aromatic amines is 1. The second kappa shape index (κ2) is 7.20. The van der Waals surface area contributed by atoms with Gasteiger partial charge in [0.15, 0.2) is 0 Å². The normalized spacial score (nSPS) is 12.8. The second-order valence-electron chi connectivity index (χ2n) is 5.76. The maximum Gasteiger partial charge on any atom is 0.229 e. The first-order chi connectivity index (χ1) is 11.9. The summed E-state index contributed by atoms with van der Waals surface area (Å²) in [6, 6.07) is 9.82. The first kappa shape index (κ1) is 18.0. The fourth-order valence-corrected chi connectivity index (χ4v) is 5.09. The molecule has 0 amide bonds. The smallest absolute Gasteiger partial charge is 0.229 e. The van der Waals surface area contributed by atoms with Gasteiger partial charge in [0, 0.05) is 38.7 Å². The molecule has 130 valence electrons. The molecule has 2 N–H and O–H groups in total. The van der Waals surface area contributed by atoms with Crippen LogP contribution in [-0.4, -0.2) is 19.7 Å². The van der Waals surface area contributed by atoms with Gasteiger partial charge in [-0.3, -0.25) is 4.72 Å². The van der Waals surface area contributed by atoms with Crippen molar-refractivity contribution in [2.24, 2.45) is 0 Å².